The highest BCUT2D eigenvalue weighted by atomic mass is 15.2. The average Bonchev–Trinajstić information content (AvgIpc) is 3.66. The van der Waals surface area contributed by atoms with E-state index in [9.17, 15) is 0 Å². The second-order valence-corrected chi connectivity index (χ2v) is 14.3. The van der Waals surface area contributed by atoms with Gasteiger partial charge in [0.2, 0.25) is 5.95 Å². The molecular formula is C49H35N3. The lowest BCUT2D eigenvalue weighted by molar-refractivity contribution is 0.660. The van der Waals surface area contributed by atoms with Crippen molar-refractivity contribution in [2.24, 2.45) is 0 Å². The van der Waals surface area contributed by atoms with Crippen molar-refractivity contribution in [3.05, 3.63) is 187 Å². The molecule has 0 saturated heterocycles. The van der Waals surface area contributed by atoms with Gasteiger partial charge in [0.05, 0.1) is 22.4 Å². The molecule has 2 heterocycles. The van der Waals surface area contributed by atoms with Crippen molar-refractivity contribution in [3.63, 3.8) is 0 Å². The topological polar surface area (TPSA) is 30.7 Å². The number of benzene rings is 7. The van der Waals surface area contributed by atoms with Crippen molar-refractivity contribution >= 4 is 21.8 Å². The summed E-state index contributed by atoms with van der Waals surface area (Å²) in [6.07, 6.45) is 0. The monoisotopic (exact) mass is 665 g/mol. The van der Waals surface area contributed by atoms with Crippen LogP contribution in [0, 0.1) is 0 Å². The maximum atomic E-state index is 5.22. The van der Waals surface area contributed by atoms with Gasteiger partial charge in [-0.3, -0.25) is 4.57 Å². The number of hydrogen-bond donors (Lipinski definition) is 0. The van der Waals surface area contributed by atoms with Crippen LogP contribution in [-0.2, 0) is 5.41 Å². The highest BCUT2D eigenvalue weighted by Gasteiger charge is 2.35. The molecule has 0 bridgehead atoms. The van der Waals surface area contributed by atoms with Crippen LogP contribution in [0.4, 0.5) is 0 Å². The molecule has 2 aromatic heterocycles. The third-order valence-corrected chi connectivity index (χ3v) is 10.9. The molecule has 9 aromatic rings. The molecule has 0 fully saturated rings. The molecule has 52 heavy (non-hydrogen) atoms. The molecule has 1 aliphatic carbocycles. The number of para-hydroxylation sites is 1. The van der Waals surface area contributed by atoms with E-state index in [2.05, 4.69) is 182 Å². The van der Waals surface area contributed by atoms with Crippen LogP contribution in [0.1, 0.15) is 25.0 Å². The summed E-state index contributed by atoms with van der Waals surface area (Å²) in [5, 5.41) is 2.35. The first-order valence-electron chi connectivity index (χ1n) is 17.9. The SMILES string of the molecule is CC1(C)c2ccccc2-c2ccc(-c3ccc(-c4ccc5c6ccccc6n(-c6nc(-c7ccccc7)cc(-c7ccccc7)n6)c5c4)cc3)cc21. The molecule has 246 valence electrons. The van der Waals surface area contributed by atoms with Crippen molar-refractivity contribution in [1.29, 1.82) is 0 Å². The van der Waals surface area contributed by atoms with Crippen LogP contribution in [0.5, 0.6) is 0 Å². The Bertz CT molecular complexity index is 2740. The number of nitrogens with zero attached hydrogens (tertiary/aromatic N) is 3. The first-order valence-corrected chi connectivity index (χ1v) is 17.9. The summed E-state index contributed by atoms with van der Waals surface area (Å²) >= 11 is 0. The molecular weight excluding hydrogens is 631 g/mol. The minimum absolute atomic E-state index is 0.0259. The minimum Gasteiger partial charge on any atom is -0.278 e. The maximum absolute atomic E-state index is 5.22. The highest BCUT2D eigenvalue weighted by molar-refractivity contribution is 6.10. The first kappa shape index (κ1) is 30.3. The Morgan fingerprint density at radius 1 is 0.385 bits per heavy atom. The Morgan fingerprint density at radius 2 is 0.904 bits per heavy atom. The lowest BCUT2D eigenvalue weighted by Gasteiger charge is -2.22. The molecule has 0 spiro atoms. The standard InChI is InChI=1S/C49H35N3/c1-49(2)42-19-11-9-17-38(42)39-27-25-36(29-43(39)49)32-21-23-33(24-22-32)37-26-28-41-40-18-10-12-20-46(40)52(47(41)30-37)48-50-44(34-13-5-3-6-14-34)31-45(51-48)35-15-7-4-8-16-35/h3-31H,1-2H3. The second kappa shape index (κ2) is 11.8. The first-order chi connectivity index (χ1) is 25.5. The summed E-state index contributed by atoms with van der Waals surface area (Å²) in [4.78, 5) is 10.4. The van der Waals surface area contributed by atoms with Crippen molar-refractivity contribution < 1.29 is 0 Å². The van der Waals surface area contributed by atoms with Crippen LogP contribution in [0.2, 0.25) is 0 Å². The summed E-state index contributed by atoms with van der Waals surface area (Å²) < 4.78 is 2.23. The summed E-state index contributed by atoms with van der Waals surface area (Å²) in [7, 11) is 0. The van der Waals surface area contributed by atoms with E-state index in [1.165, 1.54) is 49.7 Å². The van der Waals surface area contributed by atoms with Crippen molar-refractivity contribution in [2.75, 3.05) is 0 Å². The third kappa shape index (κ3) is 4.81. The lowest BCUT2D eigenvalue weighted by Crippen LogP contribution is -2.14. The third-order valence-electron chi connectivity index (χ3n) is 10.9. The van der Waals surface area contributed by atoms with Gasteiger partial charge in [-0.25, -0.2) is 9.97 Å². The lowest BCUT2D eigenvalue weighted by atomic mass is 9.81. The molecule has 0 amide bonds. The van der Waals surface area contributed by atoms with Gasteiger partial charge in [0.25, 0.3) is 0 Å². The van der Waals surface area contributed by atoms with Gasteiger partial charge in [-0.05, 0) is 68.8 Å². The molecule has 0 unspecified atom stereocenters. The van der Waals surface area contributed by atoms with Crippen LogP contribution in [0.25, 0.3) is 83.6 Å². The van der Waals surface area contributed by atoms with Gasteiger partial charge in [0.15, 0.2) is 0 Å². The van der Waals surface area contributed by atoms with E-state index in [1.54, 1.807) is 0 Å². The predicted molar refractivity (Wildman–Crippen MR) is 216 cm³/mol. The molecule has 10 rings (SSSR count). The fourth-order valence-corrected chi connectivity index (χ4v) is 8.15. The summed E-state index contributed by atoms with van der Waals surface area (Å²) in [6, 6.07) is 62.9. The van der Waals surface area contributed by atoms with Crippen molar-refractivity contribution in [3.8, 4) is 61.8 Å². The molecule has 0 radical (unpaired) electrons. The minimum atomic E-state index is -0.0259. The van der Waals surface area contributed by atoms with Gasteiger partial charge < -0.3 is 0 Å². The summed E-state index contributed by atoms with van der Waals surface area (Å²) in [6.45, 7) is 4.68. The fourth-order valence-electron chi connectivity index (χ4n) is 8.15. The largest absolute Gasteiger partial charge is 0.278 e. The predicted octanol–water partition coefficient (Wildman–Crippen LogP) is 12.5. The molecule has 0 atom stereocenters. The van der Waals surface area contributed by atoms with E-state index >= 15 is 0 Å². The maximum Gasteiger partial charge on any atom is 0.235 e. The van der Waals surface area contributed by atoms with E-state index in [-0.39, 0.29) is 5.41 Å². The number of hydrogen-bond acceptors (Lipinski definition) is 2. The van der Waals surface area contributed by atoms with Gasteiger partial charge in [-0.1, -0.05) is 166 Å². The normalized spacial score (nSPS) is 13.0. The van der Waals surface area contributed by atoms with Crippen molar-refractivity contribution in [2.45, 2.75) is 19.3 Å². The van der Waals surface area contributed by atoms with E-state index in [0.717, 1.165) is 39.1 Å². The number of rotatable bonds is 5. The van der Waals surface area contributed by atoms with Gasteiger partial charge in [0, 0.05) is 27.3 Å². The van der Waals surface area contributed by atoms with Gasteiger partial charge in [-0.15, -0.1) is 0 Å². The molecule has 3 nitrogen and oxygen atoms in total. The Labute approximate surface area is 303 Å². The van der Waals surface area contributed by atoms with E-state index in [4.69, 9.17) is 9.97 Å². The molecule has 3 heteroatoms. The molecule has 0 N–H and O–H groups in total. The molecule has 0 aliphatic heterocycles. The zero-order valence-electron chi connectivity index (χ0n) is 29.1. The van der Waals surface area contributed by atoms with E-state index < -0.39 is 0 Å². The Morgan fingerprint density at radius 3 is 1.60 bits per heavy atom. The quantitative estimate of drug-likeness (QED) is 0.183. The average molecular weight is 666 g/mol. The molecule has 1 aliphatic rings. The van der Waals surface area contributed by atoms with Crippen LogP contribution < -0.4 is 0 Å². The Balaban J connectivity index is 1.09. The van der Waals surface area contributed by atoms with Crippen LogP contribution in [-0.4, -0.2) is 14.5 Å². The highest BCUT2D eigenvalue weighted by Crippen LogP contribution is 2.49. The number of aromatic nitrogens is 3. The molecule has 7 aromatic carbocycles. The van der Waals surface area contributed by atoms with Crippen LogP contribution in [0.3, 0.4) is 0 Å². The van der Waals surface area contributed by atoms with Gasteiger partial charge >= 0.3 is 0 Å². The van der Waals surface area contributed by atoms with Gasteiger partial charge in [0.1, 0.15) is 0 Å². The Hall–Kier alpha value is -6.58. The fraction of sp³-hybridized carbons (Fsp3) is 0.0612. The van der Waals surface area contributed by atoms with Gasteiger partial charge in [-0.2, -0.15) is 0 Å². The number of fused-ring (bicyclic) bond motifs is 6. The summed E-state index contributed by atoms with van der Waals surface area (Å²) in [5.74, 6) is 0.653. The second-order valence-electron chi connectivity index (χ2n) is 14.3. The van der Waals surface area contributed by atoms with E-state index in [0.29, 0.717) is 5.95 Å². The Kier molecular flexibility index (Phi) is 6.84. The van der Waals surface area contributed by atoms with E-state index in [1.807, 2.05) is 12.1 Å². The zero-order valence-corrected chi connectivity index (χ0v) is 29.1. The smallest absolute Gasteiger partial charge is 0.235 e. The molecule has 0 saturated carbocycles. The zero-order chi connectivity index (χ0) is 34.8. The van der Waals surface area contributed by atoms with Crippen LogP contribution >= 0.6 is 0 Å². The van der Waals surface area contributed by atoms with Crippen molar-refractivity contribution in [1.82, 2.24) is 14.5 Å². The van der Waals surface area contributed by atoms with Crippen LogP contribution in [0.15, 0.2) is 176 Å². The summed E-state index contributed by atoms with van der Waals surface area (Å²) in [5.41, 5.74) is 16.3.